The van der Waals surface area contributed by atoms with Crippen molar-refractivity contribution >= 4 is 17.0 Å². The first-order valence-electron chi connectivity index (χ1n) is 8.45. The van der Waals surface area contributed by atoms with Gasteiger partial charge in [-0.25, -0.2) is 4.98 Å². The summed E-state index contributed by atoms with van der Waals surface area (Å²) in [5.41, 5.74) is 2.26. The fourth-order valence-electron chi connectivity index (χ4n) is 3.84. The molecule has 0 radical (unpaired) electrons. The zero-order valence-electron chi connectivity index (χ0n) is 13.7. The van der Waals surface area contributed by atoms with Gasteiger partial charge in [0.1, 0.15) is 5.82 Å². The van der Waals surface area contributed by atoms with Crippen molar-refractivity contribution in [2.45, 2.75) is 26.9 Å². The van der Waals surface area contributed by atoms with Crippen LogP contribution in [0.2, 0.25) is 0 Å². The Bertz CT molecular complexity index is 737. The number of likely N-dealkylation sites (tertiary alicyclic amines) is 1. The largest absolute Gasteiger partial charge is 0.465 e. The van der Waals surface area contributed by atoms with Crippen LogP contribution in [-0.2, 0) is 22.6 Å². The van der Waals surface area contributed by atoms with Crippen molar-refractivity contribution in [2.24, 2.45) is 17.8 Å². The van der Waals surface area contributed by atoms with Crippen LogP contribution < -0.4 is 0 Å². The second kappa shape index (κ2) is 5.64. The molecular weight excluding hydrogens is 290 g/mol. The molecule has 3 heterocycles. The monoisotopic (exact) mass is 313 g/mol. The fraction of sp³-hybridized carbons (Fsp3) is 0.556. The Balaban J connectivity index is 1.60. The van der Waals surface area contributed by atoms with Crippen LogP contribution >= 0.6 is 0 Å². The molecule has 2 aliphatic rings. The fourth-order valence-corrected chi connectivity index (χ4v) is 3.84. The van der Waals surface area contributed by atoms with Gasteiger partial charge in [0, 0.05) is 25.6 Å². The minimum absolute atomic E-state index is 0.0202. The summed E-state index contributed by atoms with van der Waals surface area (Å²) in [4.78, 5) is 18.9. The SMILES string of the molecule is CC(C)Cn1c(CN2C[C@@H]3COC(=O)[C@@H]3C2)nc2ccccc21. The van der Waals surface area contributed by atoms with Crippen LogP contribution in [0, 0.1) is 17.8 Å². The molecule has 0 N–H and O–H groups in total. The first-order chi connectivity index (χ1) is 11.1. The zero-order chi connectivity index (χ0) is 16.0. The van der Waals surface area contributed by atoms with E-state index in [4.69, 9.17) is 9.72 Å². The number of fused-ring (bicyclic) bond motifs is 2. The van der Waals surface area contributed by atoms with Crippen molar-refractivity contribution in [3.05, 3.63) is 30.1 Å². The van der Waals surface area contributed by atoms with E-state index < -0.39 is 0 Å². The van der Waals surface area contributed by atoms with Crippen molar-refractivity contribution in [1.29, 1.82) is 0 Å². The molecule has 0 amide bonds. The lowest BCUT2D eigenvalue weighted by atomic mass is 10.0. The Hall–Kier alpha value is -1.88. The number of aromatic nitrogens is 2. The number of hydrogen-bond acceptors (Lipinski definition) is 4. The van der Waals surface area contributed by atoms with E-state index in [9.17, 15) is 4.79 Å². The highest BCUT2D eigenvalue weighted by Gasteiger charge is 2.44. The van der Waals surface area contributed by atoms with Crippen LogP contribution in [-0.4, -0.2) is 40.1 Å². The number of carbonyl (C=O) groups is 1. The number of para-hydroxylation sites is 2. The van der Waals surface area contributed by atoms with Crippen LogP contribution in [0.3, 0.4) is 0 Å². The second-order valence-electron chi connectivity index (χ2n) is 7.21. The summed E-state index contributed by atoms with van der Waals surface area (Å²) in [5.74, 6) is 2.09. The van der Waals surface area contributed by atoms with Gasteiger partial charge in [-0.1, -0.05) is 26.0 Å². The van der Waals surface area contributed by atoms with Gasteiger partial charge in [-0.2, -0.15) is 0 Å². The Morgan fingerprint density at radius 3 is 2.91 bits per heavy atom. The van der Waals surface area contributed by atoms with E-state index in [1.165, 1.54) is 5.52 Å². The summed E-state index contributed by atoms with van der Waals surface area (Å²) in [7, 11) is 0. The van der Waals surface area contributed by atoms with Crippen molar-refractivity contribution in [3.8, 4) is 0 Å². The Kier molecular flexibility index (Phi) is 3.60. The molecule has 4 rings (SSSR count). The highest BCUT2D eigenvalue weighted by Crippen LogP contribution is 2.31. The summed E-state index contributed by atoms with van der Waals surface area (Å²) in [6.45, 7) is 8.56. The normalized spacial score (nSPS) is 24.6. The van der Waals surface area contributed by atoms with Crippen LogP contribution in [0.5, 0.6) is 0 Å². The van der Waals surface area contributed by atoms with Crippen LogP contribution in [0.25, 0.3) is 11.0 Å². The van der Waals surface area contributed by atoms with Gasteiger partial charge < -0.3 is 9.30 Å². The molecule has 5 nitrogen and oxygen atoms in total. The maximum Gasteiger partial charge on any atom is 0.310 e. The van der Waals surface area contributed by atoms with Crippen LogP contribution in [0.4, 0.5) is 0 Å². The zero-order valence-corrected chi connectivity index (χ0v) is 13.7. The molecule has 2 aromatic rings. The van der Waals surface area contributed by atoms with Gasteiger partial charge >= 0.3 is 5.97 Å². The van der Waals surface area contributed by atoms with E-state index >= 15 is 0 Å². The molecule has 2 fully saturated rings. The van der Waals surface area contributed by atoms with Gasteiger partial charge in [0.2, 0.25) is 0 Å². The number of hydrogen-bond donors (Lipinski definition) is 0. The average Bonchev–Trinajstić information content (AvgIpc) is 3.16. The molecule has 2 saturated heterocycles. The Morgan fingerprint density at radius 2 is 2.13 bits per heavy atom. The lowest BCUT2D eigenvalue weighted by molar-refractivity contribution is -0.141. The van der Waals surface area contributed by atoms with E-state index in [0.717, 1.165) is 37.5 Å². The summed E-state index contributed by atoms with van der Waals surface area (Å²) >= 11 is 0. The third kappa shape index (κ3) is 2.63. The molecule has 122 valence electrons. The van der Waals surface area contributed by atoms with Gasteiger partial charge in [0.05, 0.1) is 30.1 Å². The predicted molar refractivity (Wildman–Crippen MR) is 87.8 cm³/mol. The summed E-state index contributed by atoms with van der Waals surface area (Å²) in [5, 5.41) is 0. The van der Waals surface area contributed by atoms with Crippen LogP contribution in [0.1, 0.15) is 19.7 Å². The topological polar surface area (TPSA) is 47.4 Å². The van der Waals surface area contributed by atoms with Gasteiger partial charge in [-0.15, -0.1) is 0 Å². The van der Waals surface area contributed by atoms with Crippen molar-refractivity contribution < 1.29 is 9.53 Å². The number of imidazole rings is 1. The van der Waals surface area contributed by atoms with Crippen molar-refractivity contribution in [1.82, 2.24) is 14.5 Å². The number of cyclic esters (lactones) is 1. The smallest absolute Gasteiger partial charge is 0.310 e. The number of ether oxygens (including phenoxy) is 1. The molecule has 0 aliphatic carbocycles. The highest BCUT2D eigenvalue weighted by atomic mass is 16.5. The van der Waals surface area contributed by atoms with E-state index in [0.29, 0.717) is 18.4 Å². The number of nitrogens with zero attached hydrogens (tertiary/aromatic N) is 3. The lowest BCUT2D eigenvalue weighted by Gasteiger charge is -2.18. The van der Waals surface area contributed by atoms with Gasteiger partial charge in [-0.05, 0) is 18.1 Å². The Morgan fingerprint density at radius 1 is 1.30 bits per heavy atom. The molecule has 0 saturated carbocycles. The number of benzene rings is 1. The van der Waals surface area contributed by atoms with Crippen molar-refractivity contribution in [2.75, 3.05) is 19.7 Å². The molecule has 0 spiro atoms. The van der Waals surface area contributed by atoms with Crippen molar-refractivity contribution in [3.63, 3.8) is 0 Å². The quantitative estimate of drug-likeness (QED) is 0.813. The molecule has 2 aliphatic heterocycles. The number of carbonyl (C=O) groups excluding carboxylic acids is 1. The van der Waals surface area contributed by atoms with E-state index in [2.05, 4.69) is 41.5 Å². The van der Waals surface area contributed by atoms with Gasteiger partial charge in [0.25, 0.3) is 0 Å². The minimum atomic E-state index is -0.0202. The molecule has 1 aromatic heterocycles. The Labute approximate surface area is 136 Å². The molecule has 0 bridgehead atoms. The molecule has 23 heavy (non-hydrogen) atoms. The maximum atomic E-state index is 11.7. The first kappa shape index (κ1) is 14.7. The number of esters is 1. The lowest BCUT2D eigenvalue weighted by Crippen LogP contribution is -2.25. The number of rotatable bonds is 4. The second-order valence-corrected chi connectivity index (χ2v) is 7.21. The molecule has 5 heteroatoms. The van der Waals surface area contributed by atoms with Gasteiger partial charge in [-0.3, -0.25) is 9.69 Å². The first-order valence-corrected chi connectivity index (χ1v) is 8.45. The average molecular weight is 313 g/mol. The summed E-state index contributed by atoms with van der Waals surface area (Å²) < 4.78 is 7.50. The van der Waals surface area contributed by atoms with E-state index in [-0.39, 0.29) is 11.9 Å². The summed E-state index contributed by atoms with van der Waals surface area (Å²) in [6, 6.07) is 8.33. The van der Waals surface area contributed by atoms with E-state index in [1.54, 1.807) is 0 Å². The molecule has 0 unspecified atom stereocenters. The minimum Gasteiger partial charge on any atom is -0.465 e. The third-order valence-corrected chi connectivity index (χ3v) is 4.91. The predicted octanol–water partition coefficient (Wildman–Crippen LogP) is 2.30. The third-order valence-electron chi connectivity index (χ3n) is 4.91. The molecular formula is C18H23N3O2. The van der Waals surface area contributed by atoms with E-state index in [1.807, 2.05) is 6.07 Å². The molecule has 1 aromatic carbocycles. The highest BCUT2D eigenvalue weighted by molar-refractivity contribution is 5.76. The summed E-state index contributed by atoms with van der Waals surface area (Å²) in [6.07, 6.45) is 0. The van der Waals surface area contributed by atoms with Crippen LogP contribution in [0.15, 0.2) is 24.3 Å². The maximum absolute atomic E-state index is 11.7. The van der Waals surface area contributed by atoms with Gasteiger partial charge in [0.15, 0.2) is 0 Å². The standard InChI is InChI=1S/C18H23N3O2/c1-12(2)7-21-16-6-4-3-5-15(16)19-17(21)10-20-8-13-11-23-18(22)14(13)9-20/h3-6,12-14H,7-11H2,1-2H3/t13-,14-/m1/s1. The molecule has 2 atom stereocenters.